The van der Waals surface area contributed by atoms with Crippen LogP contribution >= 0.6 is 15.9 Å². The predicted octanol–water partition coefficient (Wildman–Crippen LogP) is 3.43. The molecule has 1 heterocycles. The average Bonchev–Trinajstić information content (AvgIpc) is 2.49. The SMILES string of the molecule is O=C(Cc1ccccc1Br)C1CNc2ccccc2O1. The van der Waals surface area contributed by atoms with Gasteiger partial charge in [0, 0.05) is 10.9 Å². The molecule has 20 heavy (non-hydrogen) atoms. The molecule has 2 aromatic carbocycles. The number of halogens is 1. The van der Waals surface area contributed by atoms with Crippen molar-refractivity contribution in [2.24, 2.45) is 0 Å². The number of hydrogen-bond acceptors (Lipinski definition) is 3. The second-order valence-corrected chi connectivity index (χ2v) is 5.57. The van der Waals surface area contributed by atoms with Gasteiger partial charge in [0.1, 0.15) is 5.75 Å². The molecule has 102 valence electrons. The van der Waals surface area contributed by atoms with Crippen LogP contribution in [0.15, 0.2) is 53.0 Å². The molecule has 1 atom stereocenters. The highest BCUT2D eigenvalue weighted by atomic mass is 79.9. The first-order valence-electron chi connectivity index (χ1n) is 6.50. The van der Waals surface area contributed by atoms with Crippen LogP contribution in [0.2, 0.25) is 0 Å². The van der Waals surface area contributed by atoms with Crippen molar-refractivity contribution in [1.29, 1.82) is 0 Å². The third-order valence-electron chi connectivity index (χ3n) is 3.32. The van der Waals surface area contributed by atoms with Crippen LogP contribution < -0.4 is 10.1 Å². The van der Waals surface area contributed by atoms with Crippen molar-refractivity contribution in [1.82, 2.24) is 0 Å². The monoisotopic (exact) mass is 331 g/mol. The van der Waals surface area contributed by atoms with Gasteiger partial charge >= 0.3 is 0 Å². The number of ether oxygens (including phenoxy) is 1. The second kappa shape index (κ2) is 5.67. The van der Waals surface area contributed by atoms with Crippen LogP contribution in [-0.2, 0) is 11.2 Å². The van der Waals surface area contributed by atoms with Crippen LogP contribution in [0.1, 0.15) is 5.56 Å². The van der Waals surface area contributed by atoms with Gasteiger partial charge in [-0.2, -0.15) is 0 Å². The number of nitrogens with one attached hydrogen (secondary N) is 1. The Morgan fingerprint density at radius 1 is 1.20 bits per heavy atom. The molecule has 0 aromatic heterocycles. The normalized spacial score (nSPS) is 16.8. The van der Waals surface area contributed by atoms with Crippen molar-refractivity contribution >= 4 is 27.4 Å². The van der Waals surface area contributed by atoms with Gasteiger partial charge in [0.15, 0.2) is 11.9 Å². The highest BCUT2D eigenvalue weighted by Gasteiger charge is 2.25. The van der Waals surface area contributed by atoms with Crippen LogP contribution in [-0.4, -0.2) is 18.4 Å². The molecule has 4 heteroatoms. The van der Waals surface area contributed by atoms with E-state index in [-0.39, 0.29) is 5.78 Å². The molecular formula is C16H14BrNO2. The largest absolute Gasteiger partial charge is 0.479 e. The lowest BCUT2D eigenvalue weighted by Gasteiger charge is -2.26. The molecule has 1 N–H and O–H groups in total. The van der Waals surface area contributed by atoms with E-state index >= 15 is 0 Å². The van der Waals surface area contributed by atoms with E-state index in [1.54, 1.807) is 0 Å². The van der Waals surface area contributed by atoms with E-state index in [9.17, 15) is 4.79 Å². The number of fused-ring (bicyclic) bond motifs is 1. The zero-order valence-electron chi connectivity index (χ0n) is 10.8. The maximum Gasteiger partial charge on any atom is 0.179 e. The molecule has 0 saturated heterocycles. The minimum absolute atomic E-state index is 0.0823. The summed E-state index contributed by atoms with van der Waals surface area (Å²) in [5, 5.41) is 3.24. The summed E-state index contributed by atoms with van der Waals surface area (Å²) >= 11 is 3.47. The number of benzene rings is 2. The fraction of sp³-hybridized carbons (Fsp3) is 0.188. The van der Waals surface area contributed by atoms with E-state index < -0.39 is 6.10 Å². The Kier molecular flexibility index (Phi) is 3.74. The number of hydrogen-bond donors (Lipinski definition) is 1. The van der Waals surface area contributed by atoms with E-state index in [4.69, 9.17) is 4.74 Å². The van der Waals surface area contributed by atoms with Gasteiger partial charge in [-0.3, -0.25) is 4.79 Å². The summed E-state index contributed by atoms with van der Waals surface area (Å²) in [5.74, 6) is 0.822. The Morgan fingerprint density at radius 2 is 1.95 bits per heavy atom. The molecule has 0 aliphatic carbocycles. The zero-order chi connectivity index (χ0) is 13.9. The number of para-hydroxylation sites is 2. The fourth-order valence-corrected chi connectivity index (χ4v) is 2.66. The van der Waals surface area contributed by atoms with Gasteiger partial charge in [-0.15, -0.1) is 0 Å². The van der Waals surface area contributed by atoms with Crippen LogP contribution in [0.4, 0.5) is 5.69 Å². The van der Waals surface area contributed by atoms with Gasteiger partial charge in [-0.05, 0) is 23.8 Å². The van der Waals surface area contributed by atoms with E-state index in [0.717, 1.165) is 21.5 Å². The molecule has 1 aliphatic rings. The van der Waals surface area contributed by atoms with Crippen LogP contribution in [0.3, 0.4) is 0 Å². The highest BCUT2D eigenvalue weighted by molar-refractivity contribution is 9.10. The van der Waals surface area contributed by atoms with Gasteiger partial charge in [0.25, 0.3) is 0 Å². The molecule has 2 aromatic rings. The van der Waals surface area contributed by atoms with Crippen molar-refractivity contribution in [3.63, 3.8) is 0 Å². The Bertz CT molecular complexity index is 642. The summed E-state index contributed by atoms with van der Waals surface area (Å²) in [6.07, 6.45) is -0.0624. The number of ketones is 1. The van der Waals surface area contributed by atoms with Crippen molar-refractivity contribution in [2.75, 3.05) is 11.9 Å². The predicted molar refractivity (Wildman–Crippen MR) is 82.2 cm³/mol. The summed E-state index contributed by atoms with van der Waals surface area (Å²) in [4.78, 5) is 12.3. The molecule has 0 saturated carbocycles. The Labute approximate surface area is 126 Å². The lowest BCUT2D eigenvalue weighted by molar-refractivity contribution is -0.124. The van der Waals surface area contributed by atoms with Crippen LogP contribution in [0, 0.1) is 0 Å². The Morgan fingerprint density at radius 3 is 2.80 bits per heavy atom. The number of Topliss-reactive ketones (excluding diaryl/α,β-unsaturated/α-hetero) is 1. The topological polar surface area (TPSA) is 38.3 Å². The van der Waals surface area contributed by atoms with Crippen molar-refractivity contribution in [3.8, 4) is 5.75 Å². The van der Waals surface area contributed by atoms with E-state index in [2.05, 4.69) is 21.2 Å². The highest BCUT2D eigenvalue weighted by Crippen LogP contribution is 2.29. The molecule has 1 unspecified atom stereocenters. The summed E-state index contributed by atoms with van der Waals surface area (Å²) in [7, 11) is 0. The first-order valence-corrected chi connectivity index (χ1v) is 7.29. The molecule has 0 spiro atoms. The molecule has 0 amide bonds. The minimum atomic E-state index is -0.433. The second-order valence-electron chi connectivity index (χ2n) is 4.72. The van der Waals surface area contributed by atoms with Gasteiger partial charge in [-0.25, -0.2) is 0 Å². The number of carbonyl (C=O) groups is 1. The number of rotatable bonds is 3. The van der Waals surface area contributed by atoms with E-state index in [1.165, 1.54) is 0 Å². The molecule has 3 nitrogen and oxygen atoms in total. The Hall–Kier alpha value is -1.81. The first kappa shape index (κ1) is 13.2. The van der Waals surface area contributed by atoms with Crippen LogP contribution in [0.25, 0.3) is 0 Å². The smallest absolute Gasteiger partial charge is 0.179 e. The standard InChI is InChI=1S/C16H14BrNO2/c17-12-6-2-1-5-11(12)9-14(19)16-10-18-13-7-3-4-8-15(13)20-16/h1-8,16,18H,9-10H2. The lowest BCUT2D eigenvalue weighted by Crippen LogP contribution is -2.38. The van der Waals surface area contributed by atoms with Gasteiger partial charge in [0.2, 0.25) is 0 Å². The summed E-state index contributed by atoms with van der Waals surface area (Å²) in [6, 6.07) is 15.4. The van der Waals surface area contributed by atoms with Crippen molar-refractivity contribution in [3.05, 3.63) is 58.6 Å². The zero-order valence-corrected chi connectivity index (χ0v) is 12.4. The lowest BCUT2D eigenvalue weighted by atomic mass is 10.0. The maximum atomic E-state index is 12.3. The average molecular weight is 332 g/mol. The Balaban J connectivity index is 1.72. The maximum absolute atomic E-state index is 12.3. The molecular weight excluding hydrogens is 318 g/mol. The molecule has 3 rings (SSSR count). The summed E-state index contributed by atoms with van der Waals surface area (Å²) < 4.78 is 6.73. The van der Waals surface area contributed by atoms with Crippen molar-refractivity contribution in [2.45, 2.75) is 12.5 Å². The van der Waals surface area contributed by atoms with Crippen molar-refractivity contribution < 1.29 is 9.53 Å². The van der Waals surface area contributed by atoms with Crippen LogP contribution in [0.5, 0.6) is 5.75 Å². The first-order chi connectivity index (χ1) is 9.74. The number of carbonyl (C=O) groups excluding carboxylic acids is 1. The summed E-state index contributed by atoms with van der Waals surface area (Å²) in [5.41, 5.74) is 1.93. The third kappa shape index (κ3) is 2.70. The van der Waals surface area contributed by atoms with E-state index in [1.807, 2.05) is 48.5 Å². The van der Waals surface area contributed by atoms with Gasteiger partial charge < -0.3 is 10.1 Å². The molecule has 0 radical (unpaired) electrons. The summed E-state index contributed by atoms with van der Waals surface area (Å²) in [6.45, 7) is 0.514. The molecule has 1 aliphatic heterocycles. The fourth-order valence-electron chi connectivity index (χ4n) is 2.24. The van der Waals surface area contributed by atoms with Gasteiger partial charge in [0.05, 0.1) is 12.2 Å². The third-order valence-corrected chi connectivity index (χ3v) is 4.09. The number of anilines is 1. The quantitative estimate of drug-likeness (QED) is 0.936. The molecule has 0 fully saturated rings. The van der Waals surface area contributed by atoms with Gasteiger partial charge in [-0.1, -0.05) is 46.3 Å². The van der Waals surface area contributed by atoms with E-state index in [0.29, 0.717) is 13.0 Å². The molecule has 0 bridgehead atoms. The minimum Gasteiger partial charge on any atom is -0.479 e.